The van der Waals surface area contributed by atoms with E-state index in [1.54, 1.807) is 6.07 Å². The molecule has 0 bridgehead atoms. The van der Waals surface area contributed by atoms with Crippen molar-refractivity contribution in [2.75, 3.05) is 32.8 Å². The summed E-state index contributed by atoms with van der Waals surface area (Å²) in [6.45, 7) is 6.55. The van der Waals surface area contributed by atoms with Gasteiger partial charge in [0.15, 0.2) is 6.61 Å². The van der Waals surface area contributed by atoms with E-state index in [1.807, 2.05) is 24.3 Å². The number of ether oxygens (including phenoxy) is 1. The quantitative estimate of drug-likeness (QED) is 0.507. The first-order chi connectivity index (χ1) is 16.0. The van der Waals surface area contributed by atoms with Crippen LogP contribution in [0.1, 0.15) is 28.3 Å². The number of carboxylic acid groups (broad SMARTS) is 1. The Labute approximate surface area is 200 Å². The van der Waals surface area contributed by atoms with Crippen LogP contribution in [0.25, 0.3) is 0 Å². The standard InChI is InChI=1S/C27H29ClN2O3/c1-20-4-2-5-21(16-20)18-29-12-14-30(15-13-29)27(22-8-10-24(28)11-9-22)23-6-3-7-25(17-23)33-19-26(31)32/h2-11,16-17,27H,12-15,18-19H2,1H3,(H,31,32). The summed E-state index contributed by atoms with van der Waals surface area (Å²) >= 11 is 6.16. The molecule has 1 unspecified atom stereocenters. The van der Waals surface area contributed by atoms with Gasteiger partial charge < -0.3 is 9.84 Å². The second-order valence-corrected chi connectivity index (χ2v) is 8.95. The summed E-state index contributed by atoms with van der Waals surface area (Å²) in [7, 11) is 0. The Kier molecular flexibility index (Phi) is 7.65. The van der Waals surface area contributed by atoms with Crippen molar-refractivity contribution in [2.24, 2.45) is 0 Å². The maximum atomic E-state index is 10.9. The number of nitrogens with zero attached hydrogens (tertiary/aromatic N) is 2. The number of piperazine rings is 1. The minimum Gasteiger partial charge on any atom is -0.482 e. The highest BCUT2D eigenvalue weighted by Gasteiger charge is 2.27. The highest BCUT2D eigenvalue weighted by atomic mass is 35.5. The van der Waals surface area contributed by atoms with Gasteiger partial charge in [0, 0.05) is 37.7 Å². The summed E-state index contributed by atoms with van der Waals surface area (Å²) in [6.07, 6.45) is 0. The molecule has 1 heterocycles. The van der Waals surface area contributed by atoms with E-state index in [1.165, 1.54) is 11.1 Å². The molecule has 0 aromatic heterocycles. The number of rotatable bonds is 8. The molecule has 0 radical (unpaired) electrons. The number of hydrogen-bond acceptors (Lipinski definition) is 4. The van der Waals surface area contributed by atoms with Gasteiger partial charge in [-0.2, -0.15) is 0 Å². The van der Waals surface area contributed by atoms with Crippen molar-refractivity contribution in [3.8, 4) is 5.75 Å². The summed E-state index contributed by atoms with van der Waals surface area (Å²) in [5.74, 6) is -0.425. The zero-order valence-electron chi connectivity index (χ0n) is 18.8. The molecule has 172 valence electrons. The Bertz CT molecular complexity index is 1080. The van der Waals surface area contributed by atoms with Gasteiger partial charge in [0.05, 0.1) is 6.04 Å². The smallest absolute Gasteiger partial charge is 0.341 e. The third kappa shape index (κ3) is 6.35. The van der Waals surface area contributed by atoms with E-state index in [0.717, 1.165) is 43.9 Å². The monoisotopic (exact) mass is 464 g/mol. The molecule has 3 aromatic rings. The number of carboxylic acids is 1. The topological polar surface area (TPSA) is 53.0 Å². The fraction of sp³-hybridized carbons (Fsp3) is 0.296. The molecular formula is C27H29ClN2O3. The predicted octanol–water partition coefficient (Wildman–Crippen LogP) is 5.02. The van der Waals surface area contributed by atoms with E-state index >= 15 is 0 Å². The number of aliphatic carboxylic acids is 1. The second-order valence-electron chi connectivity index (χ2n) is 8.51. The SMILES string of the molecule is Cc1cccc(CN2CCN(C(c3ccc(Cl)cc3)c3cccc(OCC(=O)O)c3)CC2)c1. The van der Waals surface area contributed by atoms with Gasteiger partial charge in [0.25, 0.3) is 0 Å². The van der Waals surface area contributed by atoms with Crippen LogP contribution in [0.5, 0.6) is 5.75 Å². The van der Waals surface area contributed by atoms with Crippen molar-refractivity contribution in [3.05, 3.63) is 100 Å². The Balaban J connectivity index is 1.52. The second kappa shape index (κ2) is 10.8. The lowest BCUT2D eigenvalue weighted by Gasteiger charge is -2.40. The molecule has 1 aliphatic heterocycles. The maximum Gasteiger partial charge on any atom is 0.341 e. The van der Waals surface area contributed by atoms with Crippen LogP contribution in [0.4, 0.5) is 0 Å². The third-order valence-electron chi connectivity index (χ3n) is 5.98. The molecule has 0 saturated carbocycles. The van der Waals surface area contributed by atoms with Gasteiger partial charge in [-0.3, -0.25) is 9.80 Å². The zero-order valence-corrected chi connectivity index (χ0v) is 19.5. The molecule has 6 heteroatoms. The number of aryl methyl sites for hydroxylation is 1. The van der Waals surface area contributed by atoms with Crippen molar-refractivity contribution in [1.29, 1.82) is 0 Å². The van der Waals surface area contributed by atoms with Gasteiger partial charge in [-0.15, -0.1) is 0 Å². The van der Waals surface area contributed by atoms with E-state index in [-0.39, 0.29) is 12.6 Å². The molecule has 33 heavy (non-hydrogen) atoms. The molecule has 0 aliphatic carbocycles. The van der Waals surface area contributed by atoms with Crippen molar-refractivity contribution in [1.82, 2.24) is 9.80 Å². The van der Waals surface area contributed by atoms with Gasteiger partial charge >= 0.3 is 5.97 Å². The van der Waals surface area contributed by atoms with Crippen LogP contribution in [0.15, 0.2) is 72.8 Å². The van der Waals surface area contributed by atoms with E-state index < -0.39 is 5.97 Å². The molecular weight excluding hydrogens is 436 g/mol. The van der Waals surface area contributed by atoms with Crippen molar-refractivity contribution in [3.63, 3.8) is 0 Å². The van der Waals surface area contributed by atoms with Crippen LogP contribution < -0.4 is 4.74 Å². The Morgan fingerprint density at radius 2 is 1.70 bits per heavy atom. The van der Waals surface area contributed by atoms with Crippen LogP contribution >= 0.6 is 11.6 Å². The minimum absolute atomic E-state index is 0.0387. The van der Waals surface area contributed by atoms with Gasteiger partial charge in [-0.1, -0.05) is 65.7 Å². The molecule has 1 saturated heterocycles. The average Bonchev–Trinajstić information content (AvgIpc) is 2.81. The van der Waals surface area contributed by atoms with E-state index in [9.17, 15) is 4.79 Å². The van der Waals surface area contributed by atoms with Crippen molar-refractivity contribution < 1.29 is 14.6 Å². The first-order valence-corrected chi connectivity index (χ1v) is 11.6. The van der Waals surface area contributed by atoms with Crippen LogP contribution in [-0.4, -0.2) is 53.7 Å². The molecule has 1 N–H and O–H groups in total. The average molecular weight is 465 g/mol. The zero-order chi connectivity index (χ0) is 23.2. The molecule has 0 amide bonds. The number of hydrogen-bond donors (Lipinski definition) is 1. The summed E-state index contributed by atoms with van der Waals surface area (Å²) in [5, 5.41) is 9.66. The summed E-state index contributed by atoms with van der Waals surface area (Å²) in [6, 6.07) is 24.4. The lowest BCUT2D eigenvalue weighted by Crippen LogP contribution is -2.47. The Morgan fingerprint density at radius 3 is 2.39 bits per heavy atom. The molecule has 0 spiro atoms. The largest absolute Gasteiger partial charge is 0.482 e. The van der Waals surface area contributed by atoms with Gasteiger partial charge in [-0.25, -0.2) is 4.79 Å². The third-order valence-corrected chi connectivity index (χ3v) is 6.23. The summed E-state index contributed by atoms with van der Waals surface area (Å²) < 4.78 is 5.45. The molecule has 1 aliphatic rings. The normalized spacial score (nSPS) is 15.8. The molecule has 4 rings (SSSR count). The van der Waals surface area contributed by atoms with Gasteiger partial charge in [0.1, 0.15) is 5.75 Å². The number of halogens is 1. The summed E-state index contributed by atoms with van der Waals surface area (Å²) in [4.78, 5) is 15.9. The number of benzene rings is 3. The summed E-state index contributed by atoms with van der Waals surface area (Å²) in [5.41, 5.74) is 4.87. The molecule has 1 atom stereocenters. The van der Waals surface area contributed by atoms with Crippen LogP contribution in [0.3, 0.4) is 0 Å². The van der Waals surface area contributed by atoms with Crippen molar-refractivity contribution in [2.45, 2.75) is 19.5 Å². The van der Waals surface area contributed by atoms with Gasteiger partial charge in [-0.05, 0) is 47.9 Å². The number of carbonyl (C=O) groups is 1. The lowest BCUT2D eigenvalue weighted by molar-refractivity contribution is -0.139. The van der Waals surface area contributed by atoms with E-state index in [0.29, 0.717) is 10.8 Å². The lowest BCUT2D eigenvalue weighted by atomic mass is 9.96. The minimum atomic E-state index is -0.987. The maximum absolute atomic E-state index is 10.9. The van der Waals surface area contributed by atoms with Crippen molar-refractivity contribution >= 4 is 17.6 Å². The van der Waals surface area contributed by atoms with E-state index in [2.05, 4.69) is 59.2 Å². The Hall–Kier alpha value is -2.86. The molecule has 1 fully saturated rings. The van der Waals surface area contributed by atoms with Gasteiger partial charge in [0.2, 0.25) is 0 Å². The molecule has 3 aromatic carbocycles. The Morgan fingerprint density at radius 1 is 0.970 bits per heavy atom. The van der Waals surface area contributed by atoms with Crippen LogP contribution in [-0.2, 0) is 11.3 Å². The first kappa shape index (κ1) is 23.3. The van der Waals surface area contributed by atoms with E-state index in [4.69, 9.17) is 21.4 Å². The fourth-order valence-electron chi connectivity index (χ4n) is 4.43. The predicted molar refractivity (Wildman–Crippen MR) is 131 cm³/mol. The highest BCUT2D eigenvalue weighted by Crippen LogP contribution is 2.32. The fourth-order valence-corrected chi connectivity index (χ4v) is 4.55. The van der Waals surface area contributed by atoms with Crippen LogP contribution in [0, 0.1) is 6.92 Å². The highest BCUT2D eigenvalue weighted by molar-refractivity contribution is 6.30. The van der Waals surface area contributed by atoms with Crippen LogP contribution in [0.2, 0.25) is 5.02 Å². The first-order valence-electron chi connectivity index (χ1n) is 11.2. The molecule has 5 nitrogen and oxygen atoms in total.